The summed E-state index contributed by atoms with van der Waals surface area (Å²) in [5.41, 5.74) is 6.38. The fourth-order valence-electron chi connectivity index (χ4n) is 5.03. The average Bonchev–Trinajstić information content (AvgIpc) is 3.18. The van der Waals surface area contributed by atoms with Crippen molar-refractivity contribution in [2.24, 2.45) is 0 Å². The highest BCUT2D eigenvalue weighted by Gasteiger charge is 2.31. The maximum Gasteiger partial charge on any atom is 0.407 e. The monoisotopic (exact) mass is 499 g/mol. The van der Waals surface area contributed by atoms with E-state index in [4.69, 9.17) is 9.47 Å². The van der Waals surface area contributed by atoms with Crippen molar-refractivity contribution in [3.8, 4) is 11.1 Å². The SMILES string of the molecule is CC(C)c1ccccc1CCC(NC(=O)OCC1c2ccccc2-c2ccccc21)C(=O)OC(C)(C)C. The molecule has 0 fully saturated rings. The second-order valence-corrected chi connectivity index (χ2v) is 10.9. The molecule has 4 rings (SSSR count). The van der Waals surface area contributed by atoms with Gasteiger partial charge in [-0.1, -0.05) is 86.6 Å². The fraction of sp³-hybridized carbons (Fsp3) is 0.375. The van der Waals surface area contributed by atoms with Crippen LogP contribution in [0.4, 0.5) is 4.79 Å². The van der Waals surface area contributed by atoms with Crippen LogP contribution >= 0.6 is 0 Å². The molecular formula is C32H37NO4. The van der Waals surface area contributed by atoms with Gasteiger partial charge in [-0.05, 0) is 72.9 Å². The number of ether oxygens (including phenoxy) is 2. The number of amides is 1. The number of aryl methyl sites for hydroxylation is 1. The molecule has 0 aromatic heterocycles. The van der Waals surface area contributed by atoms with Crippen molar-refractivity contribution in [1.29, 1.82) is 0 Å². The Morgan fingerprint density at radius 3 is 2.03 bits per heavy atom. The third kappa shape index (κ3) is 6.40. The van der Waals surface area contributed by atoms with Crippen molar-refractivity contribution in [3.05, 3.63) is 95.1 Å². The first kappa shape index (κ1) is 26.5. The summed E-state index contributed by atoms with van der Waals surface area (Å²) in [5.74, 6) is -0.134. The third-order valence-corrected chi connectivity index (χ3v) is 6.71. The highest BCUT2D eigenvalue weighted by Crippen LogP contribution is 2.44. The van der Waals surface area contributed by atoms with Crippen LogP contribution in [0.5, 0.6) is 0 Å². The number of rotatable bonds is 8. The molecule has 3 aromatic rings. The van der Waals surface area contributed by atoms with E-state index in [9.17, 15) is 9.59 Å². The standard InChI is InChI=1S/C32H37NO4/c1-21(2)23-13-7-6-12-22(23)18-19-29(30(34)37-32(3,4)5)33-31(35)36-20-28-26-16-10-8-14-24(26)25-15-9-11-17-27(25)28/h6-17,21,28-29H,18-20H2,1-5H3,(H,33,35). The molecule has 194 valence electrons. The van der Waals surface area contributed by atoms with Crippen LogP contribution < -0.4 is 5.32 Å². The molecule has 5 heteroatoms. The summed E-state index contributed by atoms with van der Waals surface area (Å²) in [4.78, 5) is 26.0. The van der Waals surface area contributed by atoms with Gasteiger partial charge in [0.05, 0.1) is 0 Å². The van der Waals surface area contributed by atoms with Gasteiger partial charge in [-0.15, -0.1) is 0 Å². The van der Waals surface area contributed by atoms with E-state index in [0.29, 0.717) is 18.8 Å². The number of carbonyl (C=O) groups excluding carboxylic acids is 2. The summed E-state index contributed by atoms with van der Waals surface area (Å²) in [6, 6.07) is 23.8. The van der Waals surface area contributed by atoms with E-state index in [1.54, 1.807) is 0 Å². The number of nitrogens with one attached hydrogen (secondary N) is 1. The minimum absolute atomic E-state index is 0.0453. The number of carbonyl (C=O) groups is 2. The zero-order chi connectivity index (χ0) is 26.6. The second kappa shape index (κ2) is 11.2. The number of fused-ring (bicyclic) bond motifs is 3. The van der Waals surface area contributed by atoms with Crippen molar-refractivity contribution in [3.63, 3.8) is 0 Å². The average molecular weight is 500 g/mol. The van der Waals surface area contributed by atoms with Crippen molar-refractivity contribution in [2.45, 2.75) is 70.9 Å². The van der Waals surface area contributed by atoms with E-state index in [2.05, 4.69) is 55.6 Å². The maximum atomic E-state index is 13.0. The molecule has 0 heterocycles. The van der Waals surface area contributed by atoms with Gasteiger partial charge in [-0.25, -0.2) is 9.59 Å². The molecule has 1 aliphatic rings. The molecule has 0 spiro atoms. The smallest absolute Gasteiger partial charge is 0.407 e. The van der Waals surface area contributed by atoms with Gasteiger partial charge in [0.2, 0.25) is 0 Å². The van der Waals surface area contributed by atoms with E-state index in [-0.39, 0.29) is 12.5 Å². The van der Waals surface area contributed by atoms with Crippen LogP contribution in [-0.2, 0) is 20.7 Å². The summed E-state index contributed by atoms with van der Waals surface area (Å²) in [7, 11) is 0. The van der Waals surface area contributed by atoms with Gasteiger partial charge in [0, 0.05) is 5.92 Å². The number of esters is 1. The first-order valence-corrected chi connectivity index (χ1v) is 13.1. The number of benzene rings is 3. The van der Waals surface area contributed by atoms with Gasteiger partial charge in [0.1, 0.15) is 18.2 Å². The van der Waals surface area contributed by atoms with Crippen LogP contribution in [0.2, 0.25) is 0 Å². The van der Waals surface area contributed by atoms with Crippen LogP contribution in [0.1, 0.15) is 75.1 Å². The Morgan fingerprint density at radius 2 is 1.43 bits per heavy atom. The Kier molecular flexibility index (Phi) is 8.01. The number of hydrogen-bond acceptors (Lipinski definition) is 4. The topological polar surface area (TPSA) is 64.6 Å². The Labute approximate surface area is 220 Å². The van der Waals surface area contributed by atoms with Crippen LogP contribution in [0.25, 0.3) is 11.1 Å². The summed E-state index contributed by atoms with van der Waals surface area (Å²) in [6.07, 6.45) is 0.444. The zero-order valence-electron chi connectivity index (χ0n) is 22.4. The third-order valence-electron chi connectivity index (χ3n) is 6.71. The summed E-state index contributed by atoms with van der Waals surface area (Å²) in [6.45, 7) is 9.96. The first-order chi connectivity index (χ1) is 17.6. The molecule has 1 unspecified atom stereocenters. The molecule has 37 heavy (non-hydrogen) atoms. The zero-order valence-corrected chi connectivity index (χ0v) is 22.4. The molecule has 0 saturated carbocycles. The van der Waals surface area contributed by atoms with Gasteiger partial charge in [0.25, 0.3) is 0 Å². The molecule has 1 N–H and O–H groups in total. The molecule has 1 atom stereocenters. The maximum absolute atomic E-state index is 13.0. The van der Waals surface area contributed by atoms with E-state index >= 15 is 0 Å². The summed E-state index contributed by atoms with van der Waals surface area (Å²) >= 11 is 0. The Hall–Kier alpha value is -3.60. The summed E-state index contributed by atoms with van der Waals surface area (Å²) < 4.78 is 11.3. The highest BCUT2D eigenvalue weighted by atomic mass is 16.6. The molecule has 5 nitrogen and oxygen atoms in total. The lowest BCUT2D eigenvalue weighted by Gasteiger charge is -2.25. The van der Waals surface area contributed by atoms with Crippen LogP contribution in [0.15, 0.2) is 72.8 Å². The van der Waals surface area contributed by atoms with Gasteiger partial charge in [0.15, 0.2) is 0 Å². The van der Waals surface area contributed by atoms with Crippen molar-refractivity contribution >= 4 is 12.1 Å². The minimum Gasteiger partial charge on any atom is -0.458 e. The van der Waals surface area contributed by atoms with E-state index in [1.807, 2.05) is 57.2 Å². The van der Waals surface area contributed by atoms with Crippen molar-refractivity contribution < 1.29 is 19.1 Å². The Balaban J connectivity index is 1.45. The predicted octanol–water partition coefficient (Wildman–Crippen LogP) is 6.99. The molecular weight excluding hydrogens is 462 g/mol. The summed E-state index contributed by atoms with van der Waals surface area (Å²) in [5, 5.41) is 2.79. The molecule has 0 bridgehead atoms. The van der Waals surface area contributed by atoms with Crippen molar-refractivity contribution in [2.75, 3.05) is 6.61 Å². The van der Waals surface area contributed by atoms with Gasteiger partial charge >= 0.3 is 12.1 Å². The largest absolute Gasteiger partial charge is 0.458 e. The normalized spacial score (nSPS) is 13.6. The molecule has 0 radical (unpaired) electrons. The number of alkyl carbamates (subject to hydrolysis) is 1. The van der Waals surface area contributed by atoms with Gasteiger partial charge < -0.3 is 14.8 Å². The minimum atomic E-state index is -0.810. The Morgan fingerprint density at radius 1 is 0.865 bits per heavy atom. The Bertz CT molecular complexity index is 1210. The van der Waals surface area contributed by atoms with E-state index in [1.165, 1.54) is 22.3 Å². The van der Waals surface area contributed by atoms with Crippen LogP contribution in [0, 0.1) is 0 Å². The van der Waals surface area contributed by atoms with Crippen molar-refractivity contribution in [1.82, 2.24) is 5.32 Å². The van der Waals surface area contributed by atoms with Gasteiger partial charge in [-0.2, -0.15) is 0 Å². The quantitative estimate of drug-likeness (QED) is 0.339. The van der Waals surface area contributed by atoms with Crippen LogP contribution in [-0.4, -0.2) is 30.3 Å². The lowest BCUT2D eigenvalue weighted by atomic mass is 9.93. The molecule has 1 aliphatic carbocycles. The lowest BCUT2D eigenvalue weighted by molar-refractivity contribution is -0.157. The molecule has 0 saturated heterocycles. The van der Waals surface area contributed by atoms with E-state index in [0.717, 1.165) is 11.1 Å². The second-order valence-electron chi connectivity index (χ2n) is 10.9. The number of hydrogen-bond donors (Lipinski definition) is 1. The van der Waals surface area contributed by atoms with E-state index < -0.39 is 23.7 Å². The highest BCUT2D eigenvalue weighted by molar-refractivity contribution is 5.82. The lowest BCUT2D eigenvalue weighted by Crippen LogP contribution is -2.45. The fourth-order valence-corrected chi connectivity index (χ4v) is 5.03. The predicted molar refractivity (Wildman–Crippen MR) is 147 cm³/mol. The first-order valence-electron chi connectivity index (χ1n) is 13.1. The van der Waals surface area contributed by atoms with Gasteiger partial charge in [-0.3, -0.25) is 0 Å². The molecule has 3 aromatic carbocycles. The molecule has 1 amide bonds. The van der Waals surface area contributed by atoms with Crippen LogP contribution in [0.3, 0.4) is 0 Å². The molecule has 0 aliphatic heterocycles.